The lowest BCUT2D eigenvalue weighted by atomic mass is 9.76. The van der Waals surface area contributed by atoms with Crippen LogP contribution in [0.3, 0.4) is 0 Å². The molecule has 2 aliphatic rings. The molecule has 1 aromatic rings. The van der Waals surface area contributed by atoms with E-state index in [-0.39, 0.29) is 6.61 Å². The van der Waals surface area contributed by atoms with E-state index >= 15 is 0 Å². The smallest absolute Gasteiger partial charge is 0.341 e. The molecule has 0 fully saturated rings. The fraction of sp³-hybridized carbons (Fsp3) is 0.625. The minimum Gasteiger partial charge on any atom is -0.459 e. The number of hydrogen-bond donors (Lipinski definition) is 2. The SMILES string of the molecule is C[C@H]1C(=O)O[C@@H]2CCn3ccc(c32)COC(=O)[C@](C)(O)[C@@]1(C)O. The Bertz CT molecular complexity index is 660. The summed E-state index contributed by atoms with van der Waals surface area (Å²) in [6.07, 6.45) is 2.05. The minimum absolute atomic E-state index is 0.0458. The highest BCUT2D eigenvalue weighted by Gasteiger charge is 2.55. The zero-order valence-corrected chi connectivity index (χ0v) is 13.4. The highest BCUT2D eigenvalue weighted by atomic mass is 16.6. The van der Waals surface area contributed by atoms with Crippen LogP contribution < -0.4 is 0 Å². The van der Waals surface area contributed by atoms with Gasteiger partial charge in [0.2, 0.25) is 0 Å². The molecule has 0 bridgehead atoms. The van der Waals surface area contributed by atoms with Crippen LogP contribution in [0, 0.1) is 5.92 Å². The van der Waals surface area contributed by atoms with Gasteiger partial charge >= 0.3 is 11.9 Å². The number of hydrogen-bond acceptors (Lipinski definition) is 6. The molecule has 0 radical (unpaired) electrons. The van der Waals surface area contributed by atoms with Crippen molar-refractivity contribution in [2.45, 2.75) is 57.6 Å². The molecule has 0 saturated carbocycles. The van der Waals surface area contributed by atoms with Crippen LogP contribution >= 0.6 is 0 Å². The highest BCUT2D eigenvalue weighted by Crippen LogP contribution is 2.38. The monoisotopic (exact) mass is 323 g/mol. The number of carbonyl (C=O) groups excluding carboxylic acids is 2. The van der Waals surface area contributed by atoms with Gasteiger partial charge in [-0.25, -0.2) is 4.79 Å². The van der Waals surface area contributed by atoms with Crippen molar-refractivity contribution < 1.29 is 29.3 Å². The lowest BCUT2D eigenvalue weighted by Gasteiger charge is -2.39. The summed E-state index contributed by atoms with van der Waals surface area (Å²) in [6.45, 7) is 4.48. The predicted octanol–water partition coefficient (Wildman–Crippen LogP) is 0.671. The number of esters is 2. The summed E-state index contributed by atoms with van der Waals surface area (Å²) in [5, 5.41) is 21.1. The third kappa shape index (κ3) is 2.26. The Morgan fingerprint density at radius 3 is 2.70 bits per heavy atom. The van der Waals surface area contributed by atoms with Gasteiger partial charge in [-0.1, -0.05) is 0 Å². The maximum Gasteiger partial charge on any atom is 0.341 e. The molecule has 3 heterocycles. The van der Waals surface area contributed by atoms with Crippen molar-refractivity contribution in [2.24, 2.45) is 5.92 Å². The van der Waals surface area contributed by atoms with E-state index < -0.39 is 35.2 Å². The summed E-state index contributed by atoms with van der Waals surface area (Å²) >= 11 is 0. The fourth-order valence-electron chi connectivity index (χ4n) is 3.13. The molecule has 126 valence electrons. The van der Waals surface area contributed by atoms with Gasteiger partial charge in [0.05, 0.1) is 11.6 Å². The Balaban J connectivity index is 2.04. The lowest BCUT2D eigenvalue weighted by Crippen LogP contribution is -2.61. The molecular weight excluding hydrogens is 302 g/mol. The van der Waals surface area contributed by atoms with Crippen molar-refractivity contribution in [3.8, 4) is 0 Å². The molecule has 7 nitrogen and oxygen atoms in total. The minimum atomic E-state index is -2.24. The van der Waals surface area contributed by atoms with Crippen LogP contribution in [0.25, 0.3) is 0 Å². The molecule has 2 aliphatic heterocycles. The molecule has 7 heteroatoms. The zero-order chi connectivity index (χ0) is 17.0. The molecule has 4 atom stereocenters. The van der Waals surface area contributed by atoms with Crippen molar-refractivity contribution in [2.75, 3.05) is 0 Å². The number of aromatic nitrogens is 1. The van der Waals surface area contributed by atoms with E-state index in [1.54, 1.807) is 6.07 Å². The number of ether oxygens (including phenoxy) is 2. The van der Waals surface area contributed by atoms with E-state index in [4.69, 9.17) is 9.47 Å². The molecule has 0 amide bonds. The second-order valence-corrected chi connectivity index (χ2v) is 6.65. The van der Waals surface area contributed by atoms with E-state index in [0.717, 1.165) is 18.2 Å². The molecular formula is C16H21NO6. The first-order valence-corrected chi connectivity index (χ1v) is 7.66. The van der Waals surface area contributed by atoms with Gasteiger partial charge in [0.15, 0.2) is 5.60 Å². The standard InChI is InChI=1S/C16H21NO6/c1-9-13(18)23-11-5-7-17-6-4-10(12(11)17)8-22-14(19)16(3,21)15(9,2)20/h4,6,9,11,20-21H,5,7-8H2,1-3H3/t9-,11+,15-,16-/m0/s1. The summed E-state index contributed by atoms with van der Waals surface area (Å²) in [7, 11) is 0. The Morgan fingerprint density at radius 2 is 2.00 bits per heavy atom. The quantitative estimate of drug-likeness (QED) is 0.681. The predicted molar refractivity (Wildman–Crippen MR) is 78.1 cm³/mol. The summed E-state index contributed by atoms with van der Waals surface area (Å²) in [4.78, 5) is 24.7. The number of aliphatic hydroxyl groups is 2. The van der Waals surface area contributed by atoms with Crippen LogP contribution in [0.15, 0.2) is 12.3 Å². The fourth-order valence-corrected chi connectivity index (χ4v) is 3.13. The van der Waals surface area contributed by atoms with Gasteiger partial charge < -0.3 is 24.3 Å². The molecule has 0 aromatic carbocycles. The Morgan fingerprint density at radius 1 is 1.30 bits per heavy atom. The summed E-state index contributed by atoms with van der Waals surface area (Å²) in [5.41, 5.74) is -2.72. The van der Waals surface area contributed by atoms with Gasteiger partial charge in [-0.2, -0.15) is 0 Å². The van der Waals surface area contributed by atoms with Crippen LogP contribution in [-0.2, 0) is 32.2 Å². The number of rotatable bonds is 0. The van der Waals surface area contributed by atoms with Gasteiger partial charge in [0, 0.05) is 24.7 Å². The molecule has 0 spiro atoms. The van der Waals surface area contributed by atoms with Gasteiger partial charge in [0.1, 0.15) is 18.3 Å². The average molecular weight is 323 g/mol. The Hall–Kier alpha value is -1.86. The molecule has 0 unspecified atom stereocenters. The maximum absolute atomic E-state index is 12.4. The van der Waals surface area contributed by atoms with Crippen molar-refractivity contribution in [3.05, 3.63) is 23.5 Å². The van der Waals surface area contributed by atoms with Crippen LogP contribution in [0.2, 0.25) is 0 Å². The van der Waals surface area contributed by atoms with E-state index in [1.165, 1.54) is 13.8 Å². The van der Waals surface area contributed by atoms with E-state index in [0.29, 0.717) is 13.0 Å². The lowest BCUT2D eigenvalue weighted by molar-refractivity contribution is -0.207. The first-order valence-electron chi connectivity index (χ1n) is 7.66. The number of cyclic esters (lactones) is 1. The van der Waals surface area contributed by atoms with Gasteiger partial charge in [-0.15, -0.1) is 0 Å². The normalized spacial score (nSPS) is 37.6. The van der Waals surface area contributed by atoms with E-state index in [2.05, 4.69) is 0 Å². The third-order valence-corrected chi connectivity index (χ3v) is 5.23. The summed E-state index contributed by atoms with van der Waals surface area (Å²) < 4.78 is 12.7. The van der Waals surface area contributed by atoms with E-state index in [9.17, 15) is 19.8 Å². The summed E-state index contributed by atoms with van der Waals surface area (Å²) in [6, 6.07) is 1.80. The maximum atomic E-state index is 12.4. The van der Waals surface area contributed by atoms with Crippen molar-refractivity contribution >= 4 is 11.9 Å². The Labute approximate surface area is 133 Å². The molecule has 2 N–H and O–H groups in total. The van der Waals surface area contributed by atoms with Crippen molar-refractivity contribution in [1.29, 1.82) is 0 Å². The molecule has 0 aliphatic carbocycles. The molecule has 0 saturated heterocycles. The third-order valence-electron chi connectivity index (χ3n) is 5.23. The number of carbonyl (C=O) groups is 2. The first-order chi connectivity index (χ1) is 10.7. The van der Waals surface area contributed by atoms with Crippen molar-refractivity contribution in [1.82, 2.24) is 4.57 Å². The molecule has 23 heavy (non-hydrogen) atoms. The highest BCUT2D eigenvalue weighted by molar-refractivity contribution is 5.83. The second-order valence-electron chi connectivity index (χ2n) is 6.65. The van der Waals surface area contributed by atoms with Crippen LogP contribution in [0.5, 0.6) is 0 Å². The van der Waals surface area contributed by atoms with Crippen LogP contribution in [0.1, 0.15) is 44.6 Å². The average Bonchev–Trinajstić information content (AvgIpc) is 3.06. The number of nitrogens with zero attached hydrogens (tertiary/aromatic N) is 1. The van der Waals surface area contributed by atoms with Gasteiger partial charge in [-0.05, 0) is 26.8 Å². The summed E-state index contributed by atoms with van der Waals surface area (Å²) in [5.74, 6) is -2.73. The first kappa shape index (κ1) is 16.0. The Kier molecular flexibility index (Phi) is 3.53. The largest absolute Gasteiger partial charge is 0.459 e. The van der Waals surface area contributed by atoms with E-state index in [1.807, 2.05) is 10.8 Å². The second kappa shape index (κ2) is 5.07. The van der Waals surface area contributed by atoms with Gasteiger partial charge in [-0.3, -0.25) is 4.79 Å². The molecule has 1 aromatic heterocycles. The van der Waals surface area contributed by atoms with Crippen molar-refractivity contribution in [3.63, 3.8) is 0 Å². The van der Waals surface area contributed by atoms with Crippen LogP contribution in [0.4, 0.5) is 0 Å². The van der Waals surface area contributed by atoms with Crippen LogP contribution in [-0.4, -0.2) is 37.9 Å². The van der Waals surface area contributed by atoms with Gasteiger partial charge in [0.25, 0.3) is 0 Å². The molecule has 3 rings (SSSR count). The number of aryl methyl sites for hydroxylation is 1. The topological polar surface area (TPSA) is 98.0 Å². The zero-order valence-electron chi connectivity index (χ0n) is 13.4.